The van der Waals surface area contributed by atoms with Crippen LogP contribution in [0.1, 0.15) is 52.5 Å². The number of para-hydroxylation sites is 1. The molecule has 1 fully saturated rings. The van der Waals surface area contributed by atoms with Crippen molar-refractivity contribution in [2.45, 2.75) is 77.5 Å². The van der Waals surface area contributed by atoms with E-state index >= 15 is 0 Å². The van der Waals surface area contributed by atoms with E-state index in [0.717, 1.165) is 29.4 Å². The zero-order valence-corrected chi connectivity index (χ0v) is 22.0. The molecular formula is C27H39N5O5. The lowest BCUT2D eigenvalue weighted by molar-refractivity contribution is -0.143. The Morgan fingerprint density at radius 2 is 1.70 bits per heavy atom. The summed E-state index contributed by atoms with van der Waals surface area (Å²) < 4.78 is 0. The van der Waals surface area contributed by atoms with E-state index in [0.29, 0.717) is 12.8 Å². The lowest BCUT2D eigenvalue weighted by Crippen LogP contribution is -2.58. The van der Waals surface area contributed by atoms with Gasteiger partial charge in [-0.2, -0.15) is 0 Å². The minimum absolute atomic E-state index is 0.0581. The Morgan fingerprint density at radius 3 is 2.32 bits per heavy atom. The summed E-state index contributed by atoms with van der Waals surface area (Å²) in [6.07, 6.45) is 3.95. The Morgan fingerprint density at radius 1 is 1.00 bits per heavy atom. The molecular weight excluding hydrogens is 474 g/mol. The first kappa shape index (κ1) is 28.2. The summed E-state index contributed by atoms with van der Waals surface area (Å²) in [4.78, 5) is 54.4. The number of carbonyl (C=O) groups is 4. The van der Waals surface area contributed by atoms with Crippen LogP contribution in [0.4, 0.5) is 0 Å². The molecule has 0 radical (unpaired) electrons. The molecule has 3 rings (SSSR count). The van der Waals surface area contributed by atoms with Crippen LogP contribution in [0, 0.1) is 11.8 Å². The Hall–Kier alpha value is -3.40. The highest BCUT2D eigenvalue weighted by atomic mass is 16.4. The van der Waals surface area contributed by atoms with Gasteiger partial charge in [-0.3, -0.25) is 14.4 Å². The van der Waals surface area contributed by atoms with Crippen molar-refractivity contribution in [1.82, 2.24) is 26.3 Å². The molecule has 3 amide bonds. The summed E-state index contributed by atoms with van der Waals surface area (Å²) in [5.41, 5.74) is 1.79. The summed E-state index contributed by atoms with van der Waals surface area (Å²) in [5.74, 6) is -2.71. The number of amides is 3. The van der Waals surface area contributed by atoms with Crippen LogP contribution in [0.2, 0.25) is 0 Å². The SMILES string of the molecule is CC(C)CC(NC(=O)C(Cc1c[nH]c2ccccc12)NC(=O)C1CCCN1)C(=O)NC(C(=O)O)C(C)C. The van der Waals surface area contributed by atoms with E-state index < -0.39 is 35.9 Å². The number of H-pyrrole nitrogens is 1. The van der Waals surface area contributed by atoms with E-state index in [1.165, 1.54) is 0 Å². The first-order valence-corrected chi connectivity index (χ1v) is 13.0. The van der Waals surface area contributed by atoms with Gasteiger partial charge in [-0.25, -0.2) is 4.79 Å². The van der Waals surface area contributed by atoms with Crippen molar-refractivity contribution in [2.75, 3.05) is 6.54 Å². The predicted octanol–water partition coefficient (Wildman–Crippen LogP) is 1.70. The van der Waals surface area contributed by atoms with Crippen molar-refractivity contribution in [3.05, 3.63) is 36.0 Å². The topological polar surface area (TPSA) is 152 Å². The minimum Gasteiger partial charge on any atom is -0.480 e. The van der Waals surface area contributed by atoms with Crippen LogP contribution in [0.25, 0.3) is 10.9 Å². The standard InChI is InChI=1S/C27H39N5O5/c1-15(2)12-21(26(35)32-23(16(3)4)27(36)37)30-25(34)22(31-24(33)20-10-7-11-28-20)13-17-14-29-19-9-6-5-8-18(17)19/h5-6,8-9,14-16,20-23,28-29H,7,10-13H2,1-4H3,(H,30,34)(H,31,33)(H,32,35)(H,36,37). The molecule has 1 aromatic heterocycles. The van der Waals surface area contributed by atoms with Gasteiger partial charge in [-0.15, -0.1) is 0 Å². The first-order valence-electron chi connectivity index (χ1n) is 13.0. The number of rotatable bonds is 12. The molecule has 1 aromatic carbocycles. The maximum absolute atomic E-state index is 13.6. The van der Waals surface area contributed by atoms with Gasteiger partial charge < -0.3 is 31.4 Å². The van der Waals surface area contributed by atoms with Crippen molar-refractivity contribution in [3.63, 3.8) is 0 Å². The van der Waals surface area contributed by atoms with Crippen molar-refractivity contribution >= 4 is 34.6 Å². The van der Waals surface area contributed by atoms with Gasteiger partial charge >= 0.3 is 5.97 Å². The van der Waals surface area contributed by atoms with E-state index in [-0.39, 0.29) is 30.2 Å². The second kappa shape index (κ2) is 12.7. The Kier molecular flexibility index (Phi) is 9.68. The molecule has 6 N–H and O–H groups in total. The molecule has 2 heterocycles. The predicted molar refractivity (Wildman–Crippen MR) is 141 cm³/mol. The van der Waals surface area contributed by atoms with Crippen LogP contribution in [-0.4, -0.2) is 64.5 Å². The zero-order chi connectivity index (χ0) is 27.1. The third-order valence-corrected chi connectivity index (χ3v) is 6.68. The number of aliphatic carboxylic acids is 1. The molecule has 2 aromatic rings. The van der Waals surface area contributed by atoms with Gasteiger partial charge in [0.15, 0.2) is 0 Å². The number of carbonyl (C=O) groups excluding carboxylic acids is 3. The van der Waals surface area contributed by atoms with Crippen LogP contribution in [0.3, 0.4) is 0 Å². The third kappa shape index (κ3) is 7.55. The highest BCUT2D eigenvalue weighted by molar-refractivity contribution is 5.95. The maximum atomic E-state index is 13.6. The number of carboxylic acid groups (broad SMARTS) is 1. The summed E-state index contributed by atoms with van der Waals surface area (Å²) in [6, 6.07) is 4.40. The van der Waals surface area contributed by atoms with Gasteiger partial charge in [0.2, 0.25) is 17.7 Å². The lowest BCUT2D eigenvalue weighted by Gasteiger charge is -2.27. The number of nitrogens with one attached hydrogen (secondary N) is 5. The van der Waals surface area contributed by atoms with Crippen molar-refractivity contribution in [2.24, 2.45) is 11.8 Å². The summed E-state index contributed by atoms with van der Waals surface area (Å²) in [7, 11) is 0. The number of aromatic amines is 1. The van der Waals surface area contributed by atoms with Crippen molar-refractivity contribution in [1.29, 1.82) is 0 Å². The van der Waals surface area contributed by atoms with Crippen LogP contribution in [0.15, 0.2) is 30.5 Å². The molecule has 10 heteroatoms. The van der Waals surface area contributed by atoms with Crippen molar-refractivity contribution in [3.8, 4) is 0 Å². The normalized spacial score (nSPS) is 17.9. The number of aromatic nitrogens is 1. The van der Waals surface area contributed by atoms with E-state index in [9.17, 15) is 24.3 Å². The number of carboxylic acids is 1. The quantitative estimate of drug-likeness (QED) is 0.254. The van der Waals surface area contributed by atoms with Gasteiger partial charge in [0.05, 0.1) is 6.04 Å². The van der Waals surface area contributed by atoms with E-state index in [1.54, 1.807) is 13.8 Å². The second-order valence-electron chi connectivity index (χ2n) is 10.5. The van der Waals surface area contributed by atoms with Crippen LogP contribution in [-0.2, 0) is 25.6 Å². The van der Waals surface area contributed by atoms with Gasteiger partial charge in [-0.05, 0) is 49.3 Å². The average molecular weight is 514 g/mol. The van der Waals surface area contributed by atoms with Gasteiger partial charge in [0.1, 0.15) is 18.1 Å². The molecule has 4 atom stereocenters. The van der Waals surface area contributed by atoms with Gasteiger partial charge in [-0.1, -0.05) is 45.9 Å². The number of hydrogen-bond donors (Lipinski definition) is 6. The van der Waals surface area contributed by atoms with Crippen LogP contribution >= 0.6 is 0 Å². The molecule has 1 aliphatic heterocycles. The largest absolute Gasteiger partial charge is 0.480 e. The molecule has 202 valence electrons. The van der Waals surface area contributed by atoms with E-state index in [1.807, 2.05) is 44.3 Å². The van der Waals surface area contributed by atoms with Gasteiger partial charge in [0, 0.05) is 23.5 Å². The van der Waals surface area contributed by atoms with E-state index in [2.05, 4.69) is 26.3 Å². The number of fused-ring (bicyclic) bond motifs is 1. The molecule has 0 aliphatic carbocycles. The Bertz CT molecular complexity index is 1110. The minimum atomic E-state index is -1.13. The fourth-order valence-electron chi connectivity index (χ4n) is 4.65. The molecule has 0 spiro atoms. The maximum Gasteiger partial charge on any atom is 0.326 e. The Labute approximate surface area is 217 Å². The first-order chi connectivity index (χ1) is 17.6. The smallest absolute Gasteiger partial charge is 0.326 e. The monoisotopic (exact) mass is 513 g/mol. The second-order valence-corrected chi connectivity index (χ2v) is 10.5. The highest BCUT2D eigenvalue weighted by Crippen LogP contribution is 2.20. The molecule has 1 saturated heterocycles. The van der Waals surface area contributed by atoms with Gasteiger partial charge in [0.25, 0.3) is 0 Å². The van der Waals surface area contributed by atoms with Crippen molar-refractivity contribution < 1.29 is 24.3 Å². The summed E-state index contributed by atoms with van der Waals surface area (Å²) >= 11 is 0. The lowest BCUT2D eigenvalue weighted by atomic mass is 9.99. The molecule has 0 saturated carbocycles. The Balaban J connectivity index is 1.82. The number of hydrogen-bond acceptors (Lipinski definition) is 5. The summed E-state index contributed by atoms with van der Waals surface area (Å²) in [5, 5.41) is 21.8. The fraction of sp³-hybridized carbons (Fsp3) is 0.556. The molecule has 0 bridgehead atoms. The molecule has 4 unspecified atom stereocenters. The molecule has 10 nitrogen and oxygen atoms in total. The molecule has 1 aliphatic rings. The van der Waals surface area contributed by atoms with Crippen LogP contribution < -0.4 is 21.3 Å². The number of benzene rings is 1. The van der Waals surface area contributed by atoms with E-state index in [4.69, 9.17) is 0 Å². The summed E-state index contributed by atoms with van der Waals surface area (Å²) in [6.45, 7) is 7.99. The van der Waals surface area contributed by atoms with Crippen LogP contribution in [0.5, 0.6) is 0 Å². The highest BCUT2D eigenvalue weighted by Gasteiger charge is 2.33. The fourth-order valence-corrected chi connectivity index (χ4v) is 4.65. The average Bonchev–Trinajstić information content (AvgIpc) is 3.51. The molecule has 37 heavy (non-hydrogen) atoms. The zero-order valence-electron chi connectivity index (χ0n) is 22.0. The third-order valence-electron chi connectivity index (χ3n) is 6.68.